The number of unbranched alkanes of at least 4 members (excludes halogenated alkanes) is 4. The van der Waals surface area contributed by atoms with Crippen molar-refractivity contribution in [1.82, 2.24) is 15.5 Å². The summed E-state index contributed by atoms with van der Waals surface area (Å²) in [5.74, 6) is -0.510. The number of nitrogens with zero attached hydrogens (tertiary/aromatic N) is 1. The second-order valence-electron chi connectivity index (χ2n) is 9.46. The summed E-state index contributed by atoms with van der Waals surface area (Å²) in [6, 6.07) is 6.93. The first-order chi connectivity index (χ1) is 15.6. The Bertz CT molecular complexity index is 758. The molecule has 33 heavy (non-hydrogen) atoms. The van der Waals surface area contributed by atoms with Crippen molar-refractivity contribution in [3.8, 4) is 0 Å². The van der Waals surface area contributed by atoms with Gasteiger partial charge in [0, 0.05) is 13.1 Å². The highest BCUT2D eigenvalue weighted by atomic mass is 16.6. The molecular weight excluding hydrogens is 418 g/mol. The zero-order valence-electron chi connectivity index (χ0n) is 21.3. The van der Waals surface area contributed by atoms with Gasteiger partial charge >= 0.3 is 6.09 Å². The van der Waals surface area contributed by atoms with E-state index in [1.54, 1.807) is 25.7 Å². The lowest BCUT2D eigenvalue weighted by Crippen LogP contribution is -2.48. The van der Waals surface area contributed by atoms with Gasteiger partial charge in [-0.2, -0.15) is 0 Å². The van der Waals surface area contributed by atoms with Crippen LogP contribution in [0.5, 0.6) is 0 Å². The van der Waals surface area contributed by atoms with E-state index in [1.165, 1.54) is 0 Å². The van der Waals surface area contributed by atoms with E-state index in [-0.39, 0.29) is 18.4 Å². The Hall–Kier alpha value is -2.57. The summed E-state index contributed by atoms with van der Waals surface area (Å²) in [6.45, 7) is 12.2. The number of amides is 3. The van der Waals surface area contributed by atoms with Gasteiger partial charge in [-0.3, -0.25) is 9.59 Å². The molecule has 0 aliphatic carbocycles. The fraction of sp³-hybridized carbons (Fsp3) is 0.654. The van der Waals surface area contributed by atoms with Crippen LogP contribution in [0.25, 0.3) is 0 Å². The number of hydrogen-bond acceptors (Lipinski definition) is 4. The summed E-state index contributed by atoms with van der Waals surface area (Å²) in [6.07, 6.45) is 5.09. The number of carbonyl (C=O) groups excluding carboxylic acids is 3. The van der Waals surface area contributed by atoms with E-state index in [9.17, 15) is 14.4 Å². The lowest BCUT2D eigenvalue weighted by atomic mass is 10.0. The Balaban J connectivity index is 3.13. The maximum absolute atomic E-state index is 13.3. The van der Waals surface area contributed by atoms with Crippen molar-refractivity contribution in [2.24, 2.45) is 0 Å². The van der Waals surface area contributed by atoms with Crippen LogP contribution in [0.15, 0.2) is 24.3 Å². The third-order valence-corrected chi connectivity index (χ3v) is 5.10. The molecule has 186 valence electrons. The molecular formula is C26H43N3O4. The van der Waals surface area contributed by atoms with Gasteiger partial charge in [0.15, 0.2) is 0 Å². The number of alkyl carbamates (subject to hydrolysis) is 1. The fourth-order valence-electron chi connectivity index (χ4n) is 3.47. The molecule has 0 saturated heterocycles. The zero-order chi connectivity index (χ0) is 24.9. The van der Waals surface area contributed by atoms with E-state index in [0.29, 0.717) is 13.1 Å². The predicted molar refractivity (Wildman–Crippen MR) is 132 cm³/mol. The molecule has 0 bridgehead atoms. The Kier molecular flexibility index (Phi) is 12.6. The minimum Gasteiger partial charge on any atom is -0.444 e. The lowest BCUT2D eigenvalue weighted by molar-refractivity contribution is -0.140. The fourth-order valence-corrected chi connectivity index (χ4v) is 3.47. The van der Waals surface area contributed by atoms with Crippen molar-refractivity contribution >= 4 is 17.9 Å². The van der Waals surface area contributed by atoms with Crippen molar-refractivity contribution in [2.45, 2.75) is 91.7 Å². The molecule has 1 atom stereocenters. The van der Waals surface area contributed by atoms with Crippen LogP contribution in [0.3, 0.4) is 0 Å². The number of rotatable bonds is 13. The predicted octanol–water partition coefficient (Wildman–Crippen LogP) is 4.89. The van der Waals surface area contributed by atoms with E-state index < -0.39 is 17.7 Å². The molecule has 7 heteroatoms. The number of benzene rings is 1. The molecule has 0 fully saturated rings. The first-order valence-electron chi connectivity index (χ1n) is 12.2. The minimum absolute atomic E-state index is 0.199. The molecule has 2 N–H and O–H groups in total. The Morgan fingerprint density at radius 1 is 1.00 bits per heavy atom. The van der Waals surface area contributed by atoms with Crippen LogP contribution in [0.2, 0.25) is 0 Å². The van der Waals surface area contributed by atoms with E-state index in [4.69, 9.17) is 4.74 Å². The van der Waals surface area contributed by atoms with E-state index in [0.717, 1.165) is 49.7 Å². The van der Waals surface area contributed by atoms with Gasteiger partial charge < -0.3 is 20.3 Å². The molecule has 0 saturated carbocycles. The number of aryl methyl sites for hydroxylation is 1. The van der Waals surface area contributed by atoms with E-state index in [1.807, 2.05) is 31.2 Å². The smallest absolute Gasteiger partial charge is 0.408 e. The van der Waals surface area contributed by atoms with Gasteiger partial charge in [-0.1, -0.05) is 69.4 Å². The van der Waals surface area contributed by atoms with Crippen molar-refractivity contribution in [1.29, 1.82) is 0 Å². The summed E-state index contributed by atoms with van der Waals surface area (Å²) in [5.41, 5.74) is 1.13. The number of ether oxygens (including phenoxy) is 1. The molecule has 1 rings (SSSR count). The topological polar surface area (TPSA) is 87.7 Å². The van der Waals surface area contributed by atoms with Crippen LogP contribution in [-0.2, 0) is 14.3 Å². The third-order valence-electron chi connectivity index (χ3n) is 5.10. The molecule has 1 aromatic carbocycles. The van der Waals surface area contributed by atoms with Crippen LogP contribution in [0, 0.1) is 6.92 Å². The molecule has 7 nitrogen and oxygen atoms in total. The first-order valence-corrected chi connectivity index (χ1v) is 12.2. The van der Waals surface area contributed by atoms with Crippen LogP contribution in [-0.4, -0.2) is 48.0 Å². The van der Waals surface area contributed by atoms with Crippen LogP contribution >= 0.6 is 0 Å². The Morgan fingerprint density at radius 2 is 1.70 bits per heavy atom. The van der Waals surface area contributed by atoms with E-state index >= 15 is 0 Å². The zero-order valence-corrected chi connectivity index (χ0v) is 21.3. The molecule has 0 heterocycles. The summed E-state index contributed by atoms with van der Waals surface area (Å²) in [7, 11) is 0. The van der Waals surface area contributed by atoms with Gasteiger partial charge in [-0.25, -0.2) is 4.79 Å². The van der Waals surface area contributed by atoms with Gasteiger partial charge in [0.25, 0.3) is 0 Å². The first kappa shape index (κ1) is 28.5. The Morgan fingerprint density at radius 3 is 2.30 bits per heavy atom. The molecule has 3 amide bonds. The summed E-state index contributed by atoms with van der Waals surface area (Å²) >= 11 is 0. The SMILES string of the molecule is CCCCCCN(C(=O)CNC(=O)OC(C)(C)C)C(C(=O)NCCCC)c1cccc(C)c1. The minimum atomic E-state index is -0.753. The molecule has 0 aromatic heterocycles. The number of hydrogen-bond donors (Lipinski definition) is 2. The monoisotopic (exact) mass is 461 g/mol. The standard InChI is InChI=1S/C26H43N3O4/c1-7-9-11-12-17-29(22(30)19-28-25(32)33-26(4,5)6)23(24(31)27-16-10-8-2)21-15-13-14-20(3)18-21/h13-15,18,23H,7-12,16-17,19H2,1-6H3,(H,27,31)(H,28,32). The van der Waals surface area contributed by atoms with Crippen molar-refractivity contribution < 1.29 is 19.1 Å². The van der Waals surface area contributed by atoms with E-state index in [2.05, 4.69) is 24.5 Å². The maximum Gasteiger partial charge on any atom is 0.408 e. The average molecular weight is 462 g/mol. The highest BCUT2D eigenvalue weighted by Gasteiger charge is 2.31. The highest BCUT2D eigenvalue weighted by Crippen LogP contribution is 2.23. The van der Waals surface area contributed by atoms with Crippen molar-refractivity contribution in [3.63, 3.8) is 0 Å². The molecule has 0 aliphatic rings. The maximum atomic E-state index is 13.3. The molecule has 1 unspecified atom stereocenters. The van der Waals surface area contributed by atoms with Crippen LogP contribution in [0.1, 0.15) is 90.3 Å². The summed E-state index contributed by atoms with van der Waals surface area (Å²) in [4.78, 5) is 40.3. The van der Waals surface area contributed by atoms with Gasteiger partial charge in [0.05, 0.1) is 0 Å². The average Bonchev–Trinajstić information content (AvgIpc) is 2.73. The molecule has 1 aromatic rings. The highest BCUT2D eigenvalue weighted by molar-refractivity contribution is 5.90. The second-order valence-corrected chi connectivity index (χ2v) is 9.46. The van der Waals surface area contributed by atoms with Gasteiger partial charge in [-0.05, 0) is 46.1 Å². The normalized spacial score (nSPS) is 12.1. The Labute approximate surface area is 199 Å². The van der Waals surface area contributed by atoms with Crippen molar-refractivity contribution in [2.75, 3.05) is 19.6 Å². The molecule has 0 radical (unpaired) electrons. The number of nitrogens with one attached hydrogen (secondary N) is 2. The van der Waals surface area contributed by atoms with Crippen LogP contribution in [0.4, 0.5) is 4.79 Å². The quantitative estimate of drug-likeness (QED) is 0.410. The molecule has 0 aliphatic heterocycles. The largest absolute Gasteiger partial charge is 0.444 e. The van der Waals surface area contributed by atoms with Gasteiger partial charge in [0.2, 0.25) is 11.8 Å². The second kappa shape index (κ2) is 14.6. The van der Waals surface area contributed by atoms with Gasteiger partial charge in [0.1, 0.15) is 18.2 Å². The molecule has 0 spiro atoms. The lowest BCUT2D eigenvalue weighted by Gasteiger charge is -2.32. The van der Waals surface area contributed by atoms with Gasteiger partial charge in [-0.15, -0.1) is 0 Å². The summed E-state index contributed by atoms with van der Waals surface area (Å²) < 4.78 is 5.25. The number of carbonyl (C=O) groups is 3. The third kappa shape index (κ3) is 11.2. The van der Waals surface area contributed by atoms with Crippen molar-refractivity contribution in [3.05, 3.63) is 35.4 Å². The summed E-state index contributed by atoms with van der Waals surface area (Å²) in [5, 5.41) is 5.54. The van der Waals surface area contributed by atoms with Crippen LogP contribution < -0.4 is 10.6 Å².